The molecule has 0 aromatic carbocycles. The maximum absolute atomic E-state index is 8.93. The molecule has 0 aromatic heterocycles. The van der Waals surface area contributed by atoms with E-state index >= 15 is 0 Å². The fourth-order valence-electron chi connectivity index (χ4n) is 0. The Morgan fingerprint density at radius 2 is 0.588 bits per heavy atom. The molecule has 0 aliphatic rings. The van der Waals surface area contributed by atoms with Crippen LogP contribution >= 0.6 is 0 Å². The Balaban J connectivity index is -0.0000000182. The van der Waals surface area contributed by atoms with Crippen molar-refractivity contribution < 1.29 is 71.0 Å². The molecule has 0 aromatic rings. The van der Waals surface area contributed by atoms with Gasteiger partial charge in [-0.25, -0.2) is 0 Å². The molecular weight excluding hydrogens is 342 g/mol. The molecule has 12 nitrogen and oxygen atoms in total. The zero-order chi connectivity index (χ0) is 10.3. The molecule has 0 aliphatic carbocycles. The van der Waals surface area contributed by atoms with E-state index in [4.69, 9.17) is 39.6 Å². The third-order valence-electron chi connectivity index (χ3n) is 0.333. The van der Waals surface area contributed by atoms with Gasteiger partial charge in [0, 0.05) is 0 Å². The molecule has 13 heteroatoms. The van der Waals surface area contributed by atoms with Crippen molar-refractivity contribution in [3.05, 3.63) is 0 Å². The van der Waals surface area contributed by atoms with E-state index in [1.54, 1.807) is 0 Å². The van der Waals surface area contributed by atoms with Crippen molar-refractivity contribution in [2.75, 3.05) is 0 Å². The zero-order valence-electron chi connectivity index (χ0n) is 8.58. The average Bonchev–Trinajstić information content (AvgIpc) is 1.88. The van der Waals surface area contributed by atoms with E-state index in [1.165, 1.54) is 0 Å². The topological polar surface area (TPSA) is 297 Å². The van der Waals surface area contributed by atoms with Crippen molar-refractivity contribution in [1.82, 2.24) is 12.3 Å². The summed E-state index contributed by atoms with van der Waals surface area (Å²) in [6.45, 7) is 0. The molecule has 0 aliphatic heterocycles. The molecule has 12 N–H and O–H groups in total. The Morgan fingerprint density at radius 1 is 0.529 bits per heavy atom. The summed E-state index contributed by atoms with van der Waals surface area (Å²) in [4.78, 5) is 35.7. The van der Waals surface area contributed by atoms with Gasteiger partial charge in [0.05, 0.1) is 23.9 Å². The van der Waals surface area contributed by atoms with Crippen LogP contribution in [-0.2, 0) is 39.6 Å². The van der Waals surface area contributed by atoms with Gasteiger partial charge in [0.1, 0.15) is 0 Å². The van der Waals surface area contributed by atoms with E-state index in [9.17, 15) is 0 Å². The van der Waals surface area contributed by atoms with Crippen LogP contribution in [0.4, 0.5) is 0 Å². The summed E-state index contributed by atoms with van der Waals surface area (Å²) >= 11 is 0. The molecule has 0 spiro atoms. The summed E-state index contributed by atoms with van der Waals surface area (Å²) in [6.07, 6.45) is 0. The van der Waals surface area contributed by atoms with Crippen LogP contribution in [0.15, 0.2) is 0 Å². The van der Waals surface area contributed by atoms with Gasteiger partial charge in [0.15, 0.2) is 0 Å². The number of rotatable bonds is 0. The number of carboxylic acid groups (broad SMARTS) is 4. The fourth-order valence-corrected chi connectivity index (χ4v) is 0. The van der Waals surface area contributed by atoms with Gasteiger partial charge in [0.25, 0.3) is 0 Å². The van der Waals surface area contributed by atoms with E-state index in [2.05, 4.69) is 0 Å². The van der Waals surface area contributed by atoms with E-state index in [-0.39, 0.29) is 43.7 Å². The standard InChI is InChI=1S/2C2H2O4.2H3N.2H2O.Pd/c2*3-1(4)2(5)6;;;;;/h2*(H,3,4)(H,5,6);2*1H3;2*1H2;/q;;;;;;+2/p-2. The number of hydrogen-bond donors (Lipinski definition) is 2. The molecule has 0 saturated heterocycles. The summed E-state index contributed by atoms with van der Waals surface area (Å²) in [7, 11) is 0. The monoisotopic (exact) mass is 354 g/mol. The normalized spacial score (nSPS) is 5.18. The molecule has 0 heterocycles. The summed E-state index contributed by atoms with van der Waals surface area (Å²) in [5, 5.41) is 35.7. The first-order chi connectivity index (χ1) is 5.29. The van der Waals surface area contributed by atoms with Crippen LogP contribution in [0.2, 0.25) is 0 Å². The molecule has 0 bridgehead atoms. The Morgan fingerprint density at radius 3 is 0.588 bits per heavy atom. The number of carboxylic acids is 4. The van der Waals surface area contributed by atoms with Crippen LogP contribution < -0.4 is 32.7 Å². The minimum Gasteiger partial charge on any atom is -0.543 e. The number of aliphatic carboxylic acids is 4. The molecule has 108 valence electrons. The van der Waals surface area contributed by atoms with E-state index in [0.29, 0.717) is 0 Å². The summed E-state index contributed by atoms with van der Waals surface area (Å²) in [5.74, 6) is -8.74. The molecule has 0 amide bonds. The van der Waals surface area contributed by atoms with Crippen molar-refractivity contribution in [3.8, 4) is 0 Å². The smallest absolute Gasteiger partial charge is 0.543 e. The molecule has 17 heavy (non-hydrogen) atoms. The van der Waals surface area contributed by atoms with Crippen LogP contribution in [0.25, 0.3) is 0 Å². The Hall–Kier alpha value is -1.62. The predicted octanol–water partition coefficient (Wildman–Crippen LogP) is -7.93. The van der Waals surface area contributed by atoms with Crippen LogP contribution in [0.5, 0.6) is 0 Å². The molecular formula is C4H12N2O10Pd. The second-order valence-corrected chi connectivity index (χ2v) is 1.15. The Bertz CT molecular complexity index is 182. The third-order valence-corrected chi connectivity index (χ3v) is 0.333. The van der Waals surface area contributed by atoms with E-state index < -0.39 is 23.9 Å². The van der Waals surface area contributed by atoms with Crippen molar-refractivity contribution in [1.29, 1.82) is 0 Å². The number of quaternary nitrogens is 2. The minimum atomic E-state index is -2.19. The summed E-state index contributed by atoms with van der Waals surface area (Å²) in [6, 6.07) is 0. The van der Waals surface area contributed by atoms with E-state index in [1.807, 2.05) is 0 Å². The third kappa shape index (κ3) is 54.1. The second kappa shape index (κ2) is 23.9. The fraction of sp³-hybridized carbons (Fsp3) is 0. The summed E-state index contributed by atoms with van der Waals surface area (Å²) < 4.78 is 0. The Kier molecular flexibility index (Phi) is 63.7. The minimum absolute atomic E-state index is 0. The molecule has 0 fully saturated rings. The van der Waals surface area contributed by atoms with Crippen LogP contribution in [-0.4, -0.2) is 34.8 Å². The predicted molar refractivity (Wildman–Crippen MR) is 39.2 cm³/mol. The zero-order valence-corrected chi connectivity index (χ0v) is 10.1. The first kappa shape index (κ1) is 45.3. The van der Waals surface area contributed by atoms with Crippen molar-refractivity contribution in [2.45, 2.75) is 0 Å². The molecule has 0 radical (unpaired) electrons. The quantitative estimate of drug-likeness (QED) is 0.310. The van der Waals surface area contributed by atoms with E-state index in [0.717, 1.165) is 0 Å². The van der Waals surface area contributed by atoms with Gasteiger partial charge in [-0.15, -0.1) is 0 Å². The summed E-state index contributed by atoms with van der Waals surface area (Å²) in [5.41, 5.74) is 0. The second-order valence-electron chi connectivity index (χ2n) is 1.15. The number of carbonyl (C=O) groups is 4. The average molecular weight is 355 g/mol. The van der Waals surface area contributed by atoms with Crippen LogP contribution in [0, 0.1) is 0 Å². The number of carbonyl (C=O) groups excluding carboxylic acids is 4. The molecule has 0 atom stereocenters. The van der Waals surface area contributed by atoms with Gasteiger partial charge in [0.2, 0.25) is 0 Å². The molecule has 0 rings (SSSR count). The molecule has 0 unspecified atom stereocenters. The van der Waals surface area contributed by atoms with Gasteiger partial charge in [-0.05, 0) is 0 Å². The van der Waals surface area contributed by atoms with Gasteiger partial charge in [-0.3, -0.25) is 0 Å². The SMILES string of the molecule is O.O.O=C([O-])C(=O)[O-].O=C([O-])C(=O)[O-].[NH4+].[NH4+].[Pd+2]. The van der Waals surface area contributed by atoms with Crippen molar-refractivity contribution in [2.24, 2.45) is 0 Å². The maximum Gasteiger partial charge on any atom is 2.00 e. The van der Waals surface area contributed by atoms with Crippen molar-refractivity contribution >= 4 is 23.9 Å². The van der Waals surface area contributed by atoms with Crippen molar-refractivity contribution in [3.63, 3.8) is 0 Å². The van der Waals surface area contributed by atoms with Crippen LogP contribution in [0.3, 0.4) is 0 Å². The van der Waals surface area contributed by atoms with Gasteiger partial charge >= 0.3 is 20.4 Å². The Labute approximate surface area is 108 Å². The largest absolute Gasteiger partial charge is 2.00 e. The first-order valence-corrected chi connectivity index (χ1v) is 2.13. The van der Waals surface area contributed by atoms with Crippen LogP contribution in [0.1, 0.15) is 0 Å². The first-order valence-electron chi connectivity index (χ1n) is 2.13. The maximum atomic E-state index is 8.93. The van der Waals surface area contributed by atoms with Gasteiger partial charge < -0.3 is 62.9 Å². The number of hydrogen-bond acceptors (Lipinski definition) is 8. The van der Waals surface area contributed by atoms with Gasteiger partial charge in [-0.2, -0.15) is 0 Å². The van der Waals surface area contributed by atoms with Gasteiger partial charge in [-0.1, -0.05) is 0 Å². The molecule has 0 saturated carbocycles.